The molecular formula is C20H24N2O2S. The van der Waals surface area contributed by atoms with Crippen molar-refractivity contribution in [2.24, 2.45) is 0 Å². The number of thiocarbonyl (C=S) groups is 1. The number of carbonyl (C=O) groups is 1. The van der Waals surface area contributed by atoms with E-state index in [0.29, 0.717) is 11.7 Å². The smallest absolute Gasteiger partial charge is 0.264 e. The number of carbonyl (C=O) groups excluding carboxylic acids is 1. The third-order valence-electron chi connectivity index (χ3n) is 3.96. The SMILES string of the molecule is CC[C@H](C)c1ccccc1NC(=S)NC(=O)COc1cccc(C)c1. The Balaban J connectivity index is 1.89. The average molecular weight is 356 g/mol. The predicted octanol–water partition coefficient (Wildman–Crippen LogP) is 4.40. The first-order valence-electron chi connectivity index (χ1n) is 8.38. The Bertz CT molecular complexity index is 746. The normalized spacial score (nSPS) is 11.5. The highest BCUT2D eigenvalue weighted by Gasteiger charge is 2.11. The third kappa shape index (κ3) is 5.87. The molecule has 0 spiro atoms. The zero-order valence-corrected chi connectivity index (χ0v) is 15.7. The Labute approximate surface area is 154 Å². The highest BCUT2D eigenvalue weighted by Crippen LogP contribution is 2.26. The van der Waals surface area contributed by atoms with E-state index in [1.54, 1.807) is 0 Å². The molecule has 5 heteroatoms. The summed E-state index contributed by atoms with van der Waals surface area (Å²) in [5.74, 6) is 0.781. The van der Waals surface area contributed by atoms with Crippen molar-refractivity contribution in [2.45, 2.75) is 33.1 Å². The van der Waals surface area contributed by atoms with Crippen molar-refractivity contribution in [3.8, 4) is 5.75 Å². The van der Waals surface area contributed by atoms with Crippen LogP contribution in [-0.2, 0) is 4.79 Å². The lowest BCUT2D eigenvalue weighted by Gasteiger charge is -2.17. The van der Waals surface area contributed by atoms with Crippen LogP contribution in [0.1, 0.15) is 37.3 Å². The van der Waals surface area contributed by atoms with Gasteiger partial charge in [-0.2, -0.15) is 0 Å². The van der Waals surface area contributed by atoms with E-state index in [2.05, 4.69) is 30.5 Å². The summed E-state index contributed by atoms with van der Waals surface area (Å²) in [6.07, 6.45) is 1.03. The van der Waals surface area contributed by atoms with Gasteiger partial charge >= 0.3 is 0 Å². The summed E-state index contributed by atoms with van der Waals surface area (Å²) >= 11 is 5.25. The summed E-state index contributed by atoms with van der Waals surface area (Å²) < 4.78 is 5.48. The Kier molecular flexibility index (Phi) is 6.95. The molecule has 0 unspecified atom stereocenters. The lowest BCUT2D eigenvalue weighted by atomic mass is 9.97. The van der Waals surface area contributed by atoms with E-state index in [0.717, 1.165) is 17.7 Å². The number of rotatable bonds is 6. The second kappa shape index (κ2) is 9.18. The minimum Gasteiger partial charge on any atom is -0.484 e. The summed E-state index contributed by atoms with van der Waals surface area (Å²) in [6.45, 7) is 6.20. The molecule has 0 aromatic heterocycles. The fourth-order valence-electron chi connectivity index (χ4n) is 2.43. The number of para-hydroxylation sites is 1. The van der Waals surface area contributed by atoms with Gasteiger partial charge in [0, 0.05) is 5.69 Å². The highest BCUT2D eigenvalue weighted by atomic mass is 32.1. The predicted molar refractivity (Wildman–Crippen MR) is 106 cm³/mol. The van der Waals surface area contributed by atoms with Crippen molar-refractivity contribution in [3.05, 3.63) is 59.7 Å². The van der Waals surface area contributed by atoms with E-state index in [9.17, 15) is 4.79 Å². The van der Waals surface area contributed by atoms with Crippen molar-refractivity contribution < 1.29 is 9.53 Å². The van der Waals surface area contributed by atoms with Crippen LogP contribution in [0.4, 0.5) is 5.69 Å². The van der Waals surface area contributed by atoms with Crippen molar-refractivity contribution in [3.63, 3.8) is 0 Å². The van der Waals surface area contributed by atoms with Crippen LogP contribution >= 0.6 is 12.2 Å². The molecule has 0 aliphatic carbocycles. The van der Waals surface area contributed by atoms with Gasteiger partial charge in [0.25, 0.3) is 5.91 Å². The van der Waals surface area contributed by atoms with Gasteiger partial charge in [-0.25, -0.2) is 0 Å². The summed E-state index contributed by atoms with van der Waals surface area (Å²) in [5, 5.41) is 6.03. The van der Waals surface area contributed by atoms with E-state index < -0.39 is 0 Å². The first kappa shape index (κ1) is 18.9. The van der Waals surface area contributed by atoms with E-state index in [4.69, 9.17) is 17.0 Å². The van der Waals surface area contributed by atoms with Gasteiger partial charge in [0.2, 0.25) is 0 Å². The molecule has 0 radical (unpaired) electrons. The van der Waals surface area contributed by atoms with Gasteiger partial charge in [-0.15, -0.1) is 0 Å². The van der Waals surface area contributed by atoms with Gasteiger partial charge < -0.3 is 10.1 Å². The Morgan fingerprint density at radius 3 is 2.68 bits per heavy atom. The van der Waals surface area contributed by atoms with Crippen LogP contribution in [0.3, 0.4) is 0 Å². The van der Waals surface area contributed by atoms with Gasteiger partial charge in [0.05, 0.1) is 0 Å². The number of hydrogen-bond donors (Lipinski definition) is 2. The molecule has 0 heterocycles. The molecule has 0 saturated heterocycles. The molecule has 0 aliphatic heterocycles. The Morgan fingerprint density at radius 2 is 1.96 bits per heavy atom. The van der Waals surface area contributed by atoms with Crippen LogP contribution in [0.25, 0.3) is 0 Å². The molecule has 4 nitrogen and oxygen atoms in total. The van der Waals surface area contributed by atoms with Gasteiger partial charge in [-0.05, 0) is 60.8 Å². The fourth-order valence-corrected chi connectivity index (χ4v) is 2.65. The topological polar surface area (TPSA) is 50.4 Å². The largest absolute Gasteiger partial charge is 0.484 e. The van der Waals surface area contributed by atoms with Crippen LogP contribution in [0.5, 0.6) is 5.75 Å². The summed E-state index contributed by atoms with van der Waals surface area (Å²) in [5.41, 5.74) is 3.18. The van der Waals surface area contributed by atoms with Gasteiger partial charge in [0.15, 0.2) is 11.7 Å². The molecule has 1 atom stereocenters. The first-order valence-corrected chi connectivity index (χ1v) is 8.79. The average Bonchev–Trinajstić information content (AvgIpc) is 2.60. The minimum atomic E-state index is -0.292. The van der Waals surface area contributed by atoms with E-state index in [-0.39, 0.29) is 17.6 Å². The van der Waals surface area contributed by atoms with Crippen LogP contribution < -0.4 is 15.4 Å². The molecule has 2 aromatic carbocycles. The van der Waals surface area contributed by atoms with E-state index in [1.165, 1.54) is 5.56 Å². The Morgan fingerprint density at radius 1 is 1.20 bits per heavy atom. The molecule has 132 valence electrons. The number of amides is 1. The fraction of sp³-hybridized carbons (Fsp3) is 0.300. The van der Waals surface area contributed by atoms with Crippen LogP contribution in [0.2, 0.25) is 0 Å². The van der Waals surface area contributed by atoms with Crippen molar-refractivity contribution >= 4 is 28.9 Å². The molecule has 0 aliphatic rings. The lowest BCUT2D eigenvalue weighted by molar-refractivity contribution is -0.121. The van der Waals surface area contributed by atoms with Gasteiger partial charge in [-0.1, -0.05) is 44.2 Å². The molecule has 2 aromatic rings. The number of benzene rings is 2. The molecule has 0 fully saturated rings. The maximum absolute atomic E-state index is 12.0. The van der Waals surface area contributed by atoms with Crippen LogP contribution in [0, 0.1) is 6.92 Å². The summed E-state index contributed by atoms with van der Waals surface area (Å²) in [7, 11) is 0. The first-order chi connectivity index (χ1) is 12.0. The zero-order valence-electron chi connectivity index (χ0n) is 14.8. The van der Waals surface area contributed by atoms with Gasteiger partial charge in [0.1, 0.15) is 5.75 Å². The molecular weight excluding hydrogens is 332 g/mol. The molecule has 1 amide bonds. The monoisotopic (exact) mass is 356 g/mol. The number of aryl methyl sites for hydroxylation is 1. The van der Waals surface area contributed by atoms with E-state index >= 15 is 0 Å². The highest BCUT2D eigenvalue weighted by molar-refractivity contribution is 7.80. The number of anilines is 1. The molecule has 0 saturated carbocycles. The Hall–Kier alpha value is -2.40. The minimum absolute atomic E-state index is 0.0850. The number of hydrogen-bond acceptors (Lipinski definition) is 3. The summed E-state index contributed by atoms with van der Waals surface area (Å²) in [6, 6.07) is 15.5. The van der Waals surface area contributed by atoms with Crippen LogP contribution in [-0.4, -0.2) is 17.6 Å². The number of ether oxygens (including phenoxy) is 1. The molecule has 0 bridgehead atoms. The zero-order chi connectivity index (χ0) is 18.2. The quantitative estimate of drug-likeness (QED) is 0.753. The molecule has 25 heavy (non-hydrogen) atoms. The van der Waals surface area contributed by atoms with Gasteiger partial charge in [-0.3, -0.25) is 10.1 Å². The van der Waals surface area contributed by atoms with Crippen LogP contribution in [0.15, 0.2) is 48.5 Å². The standard InChI is InChI=1S/C20H24N2O2S/c1-4-15(3)17-10-5-6-11-18(17)21-20(25)22-19(23)13-24-16-9-7-8-14(2)12-16/h5-12,15H,4,13H2,1-3H3,(H2,21,22,23,25)/t15-/m0/s1. The second-order valence-electron chi connectivity index (χ2n) is 6.00. The maximum atomic E-state index is 12.0. The lowest BCUT2D eigenvalue weighted by Crippen LogP contribution is -2.37. The second-order valence-corrected chi connectivity index (χ2v) is 6.41. The van der Waals surface area contributed by atoms with Crippen molar-refractivity contribution in [1.29, 1.82) is 0 Å². The van der Waals surface area contributed by atoms with Crippen molar-refractivity contribution in [1.82, 2.24) is 5.32 Å². The van der Waals surface area contributed by atoms with E-state index in [1.807, 2.05) is 49.4 Å². The molecule has 2 N–H and O–H groups in total. The molecule has 2 rings (SSSR count). The van der Waals surface area contributed by atoms with Crippen molar-refractivity contribution in [2.75, 3.05) is 11.9 Å². The third-order valence-corrected chi connectivity index (χ3v) is 4.17. The summed E-state index contributed by atoms with van der Waals surface area (Å²) in [4.78, 5) is 12.0. The maximum Gasteiger partial charge on any atom is 0.264 e. The number of nitrogens with one attached hydrogen (secondary N) is 2.